The molecule has 2 rings (SSSR count). The van der Waals surface area contributed by atoms with Crippen molar-refractivity contribution >= 4 is 23.2 Å². The number of hydrogen-bond donors (Lipinski definition) is 1. The molecule has 1 N–H and O–H groups in total. The van der Waals surface area contributed by atoms with Crippen molar-refractivity contribution in [3.63, 3.8) is 0 Å². The maximum atomic E-state index is 12.3. The molecule has 1 heterocycles. The van der Waals surface area contributed by atoms with Gasteiger partial charge in [0.1, 0.15) is 18.6 Å². The van der Waals surface area contributed by atoms with Crippen molar-refractivity contribution in [3.8, 4) is 5.75 Å². The van der Waals surface area contributed by atoms with E-state index in [-0.39, 0.29) is 41.9 Å². The predicted molar refractivity (Wildman–Crippen MR) is 103 cm³/mol. The standard InChI is InChI=1S/C18H20N4O7/c1-3-13(20-17-8-6-14(10-19-17)21(24)25)11-29-18(23)12-5-7-16(28-4-2)15(9-12)22(26)27/h5-10,13H,3-4,11H2,1-2H3,(H,19,20). The molecule has 1 aromatic carbocycles. The number of benzene rings is 1. The molecule has 0 aliphatic rings. The van der Waals surface area contributed by atoms with Crippen LogP contribution in [-0.2, 0) is 4.74 Å². The zero-order valence-electron chi connectivity index (χ0n) is 15.9. The van der Waals surface area contributed by atoms with Gasteiger partial charge in [0, 0.05) is 12.1 Å². The molecular formula is C18H20N4O7. The summed E-state index contributed by atoms with van der Waals surface area (Å²) in [6.07, 6.45) is 1.70. The Kier molecular flexibility index (Phi) is 7.40. The number of carbonyl (C=O) groups excluding carboxylic acids is 1. The molecule has 1 aromatic heterocycles. The molecule has 0 saturated carbocycles. The molecule has 1 unspecified atom stereocenters. The van der Waals surface area contributed by atoms with Gasteiger partial charge in [-0.05, 0) is 31.5 Å². The highest BCUT2D eigenvalue weighted by atomic mass is 16.6. The van der Waals surface area contributed by atoms with Gasteiger partial charge < -0.3 is 14.8 Å². The zero-order chi connectivity index (χ0) is 21.4. The summed E-state index contributed by atoms with van der Waals surface area (Å²) in [5.41, 5.74) is -0.419. The van der Waals surface area contributed by atoms with Crippen LogP contribution in [-0.4, -0.2) is 40.1 Å². The fourth-order valence-corrected chi connectivity index (χ4v) is 2.37. The SMILES string of the molecule is CCOc1ccc(C(=O)OCC(CC)Nc2ccc([N+](=O)[O-])cn2)cc1[N+](=O)[O-]. The van der Waals surface area contributed by atoms with E-state index in [2.05, 4.69) is 10.3 Å². The Labute approximate surface area is 166 Å². The van der Waals surface area contributed by atoms with Crippen molar-refractivity contribution < 1.29 is 24.1 Å². The summed E-state index contributed by atoms with van der Waals surface area (Å²) in [6, 6.07) is 6.33. The highest BCUT2D eigenvalue weighted by Gasteiger charge is 2.20. The van der Waals surface area contributed by atoms with Crippen LogP contribution in [0.2, 0.25) is 0 Å². The van der Waals surface area contributed by atoms with E-state index in [1.165, 1.54) is 24.3 Å². The van der Waals surface area contributed by atoms with Gasteiger partial charge in [0.2, 0.25) is 0 Å². The normalized spacial score (nSPS) is 11.4. The summed E-state index contributed by atoms with van der Waals surface area (Å²) in [5.74, 6) is -0.241. The average Bonchev–Trinajstić information content (AvgIpc) is 2.71. The van der Waals surface area contributed by atoms with Crippen LogP contribution in [0, 0.1) is 20.2 Å². The van der Waals surface area contributed by atoms with Crippen LogP contribution >= 0.6 is 0 Å². The maximum absolute atomic E-state index is 12.3. The van der Waals surface area contributed by atoms with Gasteiger partial charge in [-0.15, -0.1) is 0 Å². The van der Waals surface area contributed by atoms with E-state index in [0.717, 1.165) is 12.3 Å². The smallest absolute Gasteiger partial charge is 0.338 e. The number of hydrogen-bond acceptors (Lipinski definition) is 9. The average molecular weight is 404 g/mol. The van der Waals surface area contributed by atoms with E-state index in [0.29, 0.717) is 12.2 Å². The summed E-state index contributed by atoms with van der Waals surface area (Å²) in [7, 11) is 0. The molecular weight excluding hydrogens is 384 g/mol. The molecule has 0 saturated heterocycles. The summed E-state index contributed by atoms with van der Waals surface area (Å²) in [6.45, 7) is 3.79. The molecule has 154 valence electrons. The lowest BCUT2D eigenvalue weighted by Crippen LogP contribution is -2.26. The number of esters is 1. The van der Waals surface area contributed by atoms with Gasteiger partial charge >= 0.3 is 11.7 Å². The van der Waals surface area contributed by atoms with Gasteiger partial charge in [-0.25, -0.2) is 9.78 Å². The first-order chi connectivity index (χ1) is 13.8. The summed E-state index contributed by atoms with van der Waals surface area (Å²) >= 11 is 0. The van der Waals surface area contributed by atoms with Crippen molar-refractivity contribution in [2.24, 2.45) is 0 Å². The Bertz CT molecular complexity index is 886. The molecule has 0 amide bonds. The van der Waals surface area contributed by atoms with Gasteiger partial charge in [0.15, 0.2) is 5.75 Å². The second-order valence-corrected chi connectivity index (χ2v) is 5.88. The lowest BCUT2D eigenvalue weighted by atomic mass is 10.2. The Morgan fingerprint density at radius 2 is 1.93 bits per heavy atom. The number of anilines is 1. The lowest BCUT2D eigenvalue weighted by molar-refractivity contribution is -0.385. The highest BCUT2D eigenvalue weighted by Crippen LogP contribution is 2.28. The van der Waals surface area contributed by atoms with Crippen LogP contribution in [0.15, 0.2) is 36.5 Å². The topological polar surface area (TPSA) is 147 Å². The molecule has 0 aliphatic carbocycles. The Hall–Kier alpha value is -3.76. The molecule has 29 heavy (non-hydrogen) atoms. The number of rotatable bonds is 10. The fraction of sp³-hybridized carbons (Fsp3) is 0.333. The van der Waals surface area contributed by atoms with Crippen LogP contribution in [0.25, 0.3) is 0 Å². The number of nitrogens with zero attached hydrogens (tertiary/aromatic N) is 3. The third-order valence-corrected chi connectivity index (χ3v) is 3.91. The second kappa shape index (κ2) is 9.97. The van der Waals surface area contributed by atoms with Crippen molar-refractivity contribution in [1.29, 1.82) is 0 Å². The highest BCUT2D eigenvalue weighted by molar-refractivity contribution is 5.90. The van der Waals surface area contributed by atoms with Crippen LogP contribution < -0.4 is 10.1 Å². The number of pyridine rings is 1. The largest absolute Gasteiger partial charge is 0.487 e. The maximum Gasteiger partial charge on any atom is 0.338 e. The van der Waals surface area contributed by atoms with Crippen LogP contribution in [0.3, 0.4) is 0 Å². The van der Waals surface area contributed by atoms with Gasteiger partial charge in [-0.2, -0.15) is 0 Å². The molecule has 0 spiro atoms. The molecule has 0 radical (unpaired) electrons. The van der Waals surface area contributed by atoms with Crippen molar-refractivity contribution in [3.05, 3.63) is 62.3 Å². The van der Waals surface area contributed by atoms with Crippen LogP contribution in [0.4, 0.5) is 17.2 Å². The van der Waals surface area contributed by atoms with Crippen molar-refractivity contribution in [2.45, 2.75) is 26.3 Å². The first kappa shape index (κ1) is 21.5. The lowest BCUT2D eigenvalue weighted by Gasteiger charge is -2.17. The minimum Gasteiger partial charge on any atom is -0.487 e. The molecule has 11 nitrogen and oxygen atoms in total. The number of nitro benzene ring substituents is 1. The first-order valence-corrected chi connectivity index (χ1v) is 8.81. The van der Waals surface area contributed by atoms with E-state index in [1.807, 2.05) is 6.92 Å². The molecule has 11 heteroatoms. The van der Waals surface area contributed by atoms with Crippen molar-refractivity contribution in [2.75, 3.05) is 18.5 Å². The van der Waals surface area contributed by atoms with E-state index in [1.54, 1.807) is 6.92 Å². The fourth-order valence-electron chi connectivity index (χ4n) is 2.37. The first-order valence-electron chi connectivity index (χ1n) is 8.81. The van der Waals surface area contributed by atoms with E-state index >= 15 is 0 Å². The van der Waals surface area contributed by atoms with Gasteiger partial charge in [-0.1, -0.05) is 6.92 Å². The number of aromatic nitrogens is 1. The monoisotopic (exact) mass is 404 g/mol. The zero-order valence-corrected chi connectivity index (χ0v) is 15.9. The van der Waals surface area contributed by atoms with Crippen LogP contribution in [0.5, 0.6) is 5.75 Å². The third-order valence-electron chi connectivity index (χ3n) is 3.91. The molecule has 0 fully saturated rings. The summed E-state index contributed by atoms with van der Waals surface area (Å²) in [5, 5.41) is 24.8. The summed E-state index contributed by atoms with van der Waals surface area (Å²) < 4.78 is 10.4. The second-order valence-electron chi connectivity index (χ2n) is 5.88. The predicted octanol–water partition coefficient (Wildman–Crippen LogP) is 3.34. The Balaban J connectivity index is 2.01. The van der Waals surface area contributed by atoms with E-state index in [9.17, 15) is 25.0 Å². The molecule has 0 aliphatic heterocycles. The quantitative estimate of drug-likeness (QED) is 0.357. The minimum absolute atomic E-state index is 0.0188. The summed E-state index contributed by atoms with van der Waals surface area (Å²) in [4.78, 5) is 36.9. The Morgan fingerprint density at radius 1 is 1.17 bits per heavy atom. The van der Waals surface area contributed by atoms with Gasteiger partial charge in [0.25, 0.3) is 5.69 Å². The number of nitro groups is 2. The van der Waals surface area contributed by atoms with E-state index in [4.69, 9.17) is 9.47 Å². The van der Waals surface area contributed by atoms with E-state index < -0.39 is 15.8 Å². The Morgan fingerprint density at radius 3 is 2.48 bits per heavy atom. The molecule has 1 atom stereocenters. The third kappa shape index (κ3) is 5.86. The minimum atomic E-state index is -0.715. The number of carbonyl (C=O) groups is 1. The van der Waals surface area contributed by atoms with Crippen LogP contribution in [0.1, 0.15) is 30.6 Å². The van der Waals surface area contributed by atoms with Crippen molar-refractivity contribution in [1.82, 2.24) is 4.98 Å². The molecule has 0 bridgehead atoms. The van der Waals surface area contributed by atoms with Gasteiger partial charge in [0.05, 0.1) is 28.1 Å². The van der Waals surface area contributed by atoms with Gasteiger partial charge in [-0.3, -0.25) is 20.2 Å². The number of ether oxygens (including phenoxy) is 2. The number of nitrogens with one attached hydrogen (secondary N) is 1. The molecule has 2 aromatic rings.